The molecule has 1 fully saturated rings. The molecule has 1 aromatic rings. The van der Waals surface area contributed by atoms with Crippen molar-refractivity contribution in [3.05, 3.63) is 48.1 Å². The molecule has 0 saturated heterocycles. The zero-order valence-electron chi connectivity index (χ0n) is 45.2. The highest BCUT2D eigenvalue weighted by atomic mass is 32.2. The third-order valence-electron chi connectivity index (χ3n) is 14.9. The number of oxime groups is 1. The fourth-order valence-electron chi connectivity index (χ4n) is 11.2. The van der Waals surface area contributed by atoms with Crippen molar-refractivity contribution < 1.29 is 34.1 Å². The molecule has 10 heteroatoms. The highest BCUT2D eigenvalue weighted by Crippen LogP contribution is 2.62. The van der Waals surface area contributed by atoms with Crippen molar-refractivity contribution in [1.29, 1.82) is 0 Å². The summed E-state index contributed by atoms with van der Waals surface area (Å²) in [6, 6.07) is 5.89. The van der Waals surface area contributed by atoms with Gasteiger partial charge in [0.2, 0.25) is 5.79 Å². The molecular weight excluding hydrogens is 893 g/mol. The minimum Gasteiger partial charge on any atom is -0.460 e. The summed E-state index contributed by atoms with van der Waals surface area (Å²) in [6.45, 7) is 16.0. The van der Waals surface area contributed by atoms with E-state index in [2.05, 4.69) is 31.8 Å². The number of fused-ring (bicyclic) bond motifs is 2. The van der Waals surface area contributed by atoms with E-state index in [9.17, 15) is 15.0 Å². The SMILES string of the molecule is C=CCOC12Oc3ccc(OC(=O)NCCCCCCCCCCCC)cc3C3C(CCCCO)C(CCCCO)C=C(C(=NOC(C)(C)C)CC1SCCCCCCCCCCCCCCCC)C32. The zero-order valence-corrected chi connectivity index (χ0v) is 46.0. The van der Waals surface area contributed by atoms with E-state index in [4.69, 9.17) is 24.2 Å². The minimum absolute atomic E-state index is 0.0612. The highest BCUT2D eigenvalue weighted by Gasteiger charge is 2.64. The first-order valence-electron chi connectivity index (χ1n) is 29.0. The van der Waals surface area contributed by atoms with E-state index in [-0.39, 0.29) is 42.1 Å². The minimum atomic E-state index is -1.01. The van der Waals surface area contributed by atoms with Gasteiger partial charge in [-0.2, -0.15) is 11.8 Å². The average Bonchev–Trinajstić information content (AvgIpc) is 3.34. The molecule has 0 aromatic heterocycles. The summed E-state index contributed by atoms with van der Waals surface area (Å²) in [5.41, 5.74) is 2.61. The Bertz CT molecular complexity index is 1640. The molecule has 6 unspecified atom stereocenters. The number of hydrogen-bond acceptors (Lipinski definition) is 9. The van der Waals surface area contributed by atoms with Crippen LogP contribution in [0.25, 0.3) is 0 Å². The van der Waals surface area contributed by atoms with Gasteiger partial charge in [0.15, 0.2) is 0 Å². The Morgan fingerprint density at radius 1 is 0.786 bits per heavy atom. The Morgan fingerprint density at radius 3 is 1.90 bits per heavy atom. The first-order chi connectivity index (χ1) is 34.1. The molecule has 6 atom stereocenters. The van der Waals surface area contributed by atoms with Gasteiger partial charge in [-0.15, -0.1) is 6.58 Å². The van der Waals surface area contributed by atoms with Gasteiger partial charge in [-0.05, 0) is 101 Å². The van der Waals surface area contributed by atoms with Crippen LogP contribution in [-0.2, 0) is 9.57 Å². The molecule has 400 valence electrons. The number of carbonyl (C=O) groups is 1. The number of amides is 1. The topological polar surface area (TPSA) is 119 Å². The second kappa shape index (κ2) is 34.8. The summed E-state index contributed by atoms with van der Waals surface area (Å²) in [4.78, 5) is 19.6. The van der Waals surface area contributed by atoms with E-state index < -0.39 is 17.5 Å². The van der Waals surface area contributed by atoms with Crippen LogP contribution in [0.2, 0.25) is 0 Å². The van der Waals surface area contributed by atoms with E-state index in [1.165, 1.54) is 135 Å². The predicted octanol–water partition coefficient (Wildman–Crippen LogP) is 16.3. The molecule has 1 saturated carbocycles. The monoisotopic (exact) mass is 995 g/mol. The Morgan fingerprint density at radius 2 is 1.34 bits per heavy atom. The van der Waals surface area contributed by atoms with Crippen LogP contribution in [0.3, 0.4) is 0 Å². The largest absolute Gasteiger partial charge is 0.460 e. The summed E-state index contributed by atoms with van der Waals surface area (Å²) >= 11 is 1.95. The Labute approximate surface area is 431 Å². The van der Waals surface area contributed by atoms with Crippen molar-refractivity contribution in [2.24, 2.45) is 22.9 Å². The molecular formula is C60H102N2O7S. The summed E-state index contributed by atoms with van der Waals surface area (Å²) in [5, 5.41) is 27.9. The molecule has 2 aliphatic carbocycles. The number of aliphatic hydroxyl groups excluding tert-OH is 2. The number of rotatable bonds is 40. The molecule has 70 heavy (non-hydrogen) atoms. The Hall–Kier alpha value is -2.53. The van der Waals surface area contributed by atoms with Crippen LogP contribution in [0.4, 0.5) is 4.79 Å². The zero-order chi connectivity index (χ0) is 50.3. The van der Waals surface area contributed by atoms with Gasteiger partial charge >= 0.3 is 6.09 Å². The maximum absolute atomic E-state index is 13.3. The van der Waals surface area contributed by atoms with Gasteiger partial charge in [0, 0.05) is 37.7 Å². The molecule has 1 aliphatic heterocycles. The lowest BCUT2D eigenvalue weighted by Gasteiger charge is -2.58. The lowest BCUT2D eigenvalue weighted by atomic mass is 9.56. The van der Waals surface area contributed by atoms with E-state index in [1.54, 1.807) is 0 Å². The molecule has 1 heterocycles. The normalized spacial score (nSPS) is 22.2. The van der Waals surface area contributed by atoms with Crippen LogP contribution in [0.15, 0.2) is 47.7 Å². The van der Waals surface area contributed by atoms with Gasteiger partial charge in [-0.1, -0.05) is 185 Å². The van der Waals surface area contributed by atoms with Crippen LogP contribution < -0.4 is 14.8 Å². The van der Waals surface area contributed by atoms with Crippen LogP contribution in [0.1, 0.15) is 245 Å². The molecule has 0 radical (unpaired) electrons. The lowest BCUT2D eigenvalue weighted by Crippen LogP contribution is -2.64. The average molecular weight is 996 g/mol. The van der Waals surface area contributed by atoms with Crippen molar-refractivity contribution in [3.8, 4) is 11.5 Å². The van der Waals surface area contributed by atoms with E-state index >= 15 is 0 Å². The number of hydrogen-bond donors (Lipinski definition) is 3. The second-order valence-corrected chi connectivity index (χ2v) is 23.2. The molecule has 4 rings (SSSR count). The molecule has 0 spiro atoms. The first-order valence-corrected chi connectivity index (χ1v) is 30.0. The quantitative estimate of drug-likeness (QED) is 0.0338. The Balaban J connectivity index is 1.57. The number of benzene rings is 1. The predicted molar refractivity (Wildman–Crippen MR) is 294 cm³/mol. The van der Waals surface area contributed by atoms with Crippen molar-refractivity contribution in [3.63, 3.8) is 0 Å². The van der Waals surface area contributed by atoms with Crippen LogP contribution >= 0.6 is 11.8 Å². The molecule has 1 amide bonds. The van der Waals surface area contributed by atoms with E-state index in [0.29, 0.717) is 25.3 Å². The van der Waals surface area contributed by atoms with Gasteiger partial charge < -0.3 is 34.6 Å². The second-order valence-electron chi connectivity index (χ2n) is 21.9. The fraction of sp³-hybridized carbons (Fsp3) is 0.800. The molecule has 9 nitrogen and oxygen atoms in total. The molecule has 0 bridgehead atoms. The number of nitrogens with zero attached hydrogens (tertiary/aromatic N) is 1. The van der Waals surface area contributed by atoms with Gasteiger partial charge in [0.25, 0.3) is 0 Å². The number of unbranched alkanes of at least 4 members (excludes halogenated alkanes) is 24. The summed E-state index contributed by atoms with van der Waals surface area (Å²) < 4.78 is 20.6. The maximum Gasteiger partial charge on any atom is 0.412 e. The summed E-state index contributed by atoms with van der Waals surface area (Å²) in [7, 11) is 0. The van der Waals surface area contributed by atoms with Gasteiger partial charge in [0.05, 0.1) is 23.5 Å². The van der Waals surface area contributed by atoms with Crippen molar-refractivity contribution in [2.45, 2.75) is 256 Å². The molecule has 3 N–H and O–H groups in total. The van der Waals surface area contributed by atoms with Crippen LogP contribution in [0, 0.1) is 17.8 Å². The number of carbonyl (C=O) groups excluding carboxylic acids is 1. The standard InChI is InChI=1S/C60H102N2O7S/c1-7-10-12-14-16-18-20-21-22-23-25-27-29-35-44-70-55-47-53(62-69-59(4,5)6)51-45-48(36-30-33-41-63)50(37-31-34-42-64)56-52-46-49(38-39-54(52)68-60(55,57(51)56)66-43-9-3)67-58(65)61-40-32-28-26-24-19-17-15-13-11-8-2/h9,38-39,45-46,48,50,55-57,63-64H,3,7-8,10-37,40-44,47H2,1-2,4-6H3,(H,61,65). The van der Waals surface area contributed by atoms with Gasteiger partial charge in [-0.25, -0.2) is 4.79 Å². The number of aliphatic hydroxyl groups is 2. The number of allylic oxidation sites excluding steroid dienone is 1. The summed E-state index contributed by atoms with van der Waals surface area (Å²) in [5.74, 6) is 1.30. The van der Waals surface area contributed by atoms with Gasteiger partial charge in [-0.3, -0.25) is 0 Å². The number of thioether (sulfide) groups is 1. The lowest BCUT2D eigenvalue weighted by molar-refractivity contribution is -0.223. The molecule has 1 aromatic carbocycles. The fourth-order valence-corrected chi connectivity index (χ4v) is 12.6. The van der Waals surface area contributed by atoms with E-state index in [1.807, 2.05) is 56.8 Å². The summed E-state index contributed by atoms with van der Waals surface area (Å²) in [6.07, 6.45) is 40.6. The van der Waals surface area contributed by atoms with Crippen molar-refractivity contribution >= 4 is 23.6 Å². The van der Waals surface area contributed by atoms with E-state index in [0.717, 1.165) is 86.1 Å². The highest BCUT2D eigenvalue weighted by molar-refractivity contribution is 8.00. The van der Waals surface area contributed by atoms with Crippen LogP contribution in [-0.4, -0.2) is 70.8 Å². The number of nitrogens with one attached hydrogen (secondary N) is 1. The maximum atomic E-state index is 13.3. The van der Waals surface area contributed by atoms with Crippen molar-refractivity contribution in [1.82, 2.24) is 5.32 Å². The van der Waals surface area contributed by atoms with Crippen molar-refractivity contribution in [2.75, 3.05) is 32.1 Å². The first kappa shape index (κ1) is 60.0. The molecule has 3 aliphatic rings. The number of ether oxygens (including phenoxy) is 3. The smallest absolute Gasteiger partial charge is 0.412 e. The Kier molecular flexibility index (Phi) is 29.9. The third kappa shape index (κ3) is 20.8. The third-order valence-corrected chi connectivity index (χ3v) is 16.3. The van der Waals surface area contributed by atoms with Crippen LogP contribution in [0.5, 0.6) is 11.5 Å². The van der Waals surface area contributed by atoms with Gasteiger partial charge in [0.1, 0.15) is 17.1 Å².